The van der Waals surface area contributed by atoms with Crippen LogP contribution in [0.15, 0.2) is 54.6 Å². The van der Waals surface area contributed by atoms with E-state index in [-0.39, 0.29) is 11.9 Å². The van der Waals surface area contributed by atoms with Crippen LogP contribution in [0.3, 0.4) is 0 Å². The third-order valence-corrected chi connectivity index (χ3v) is 4.14. The quantitative estimate of drug-likeness (QED) is 0.828. The first-order valence-electron chi connectivity index (χ1n) is 8.38. The molecule has 0 radical (unpaired) electrons. The lowest BCUT2D eigenvalue weighted by molar-refractivity contribution is -0.121. The lowest BCUT2D eigenvalue weighted by Crippen LogP contribution is -2.37. The summed E-state index contributed by atoms with van der Waals surface area (Å²) in [5.41, 5.74) is 3.12. The van der Waals surface area contributed by atoms with E-state index in [1.165, 1.54) is 5.56 Å². The van der Waals surface area contributed by atoms with E-state index in [1.807, 2.05) is 48.5 Å². The highest BCUT2D eigenvalue weighted by atomic mass is 16.2. The number of carbonyl (C=O) groups is 1. The molecule has 0 aliphatic carbocycles. The van der Waals surface area contributed by atoms with Crippen molar-refractivity contribution in [2.75, 3.05) is 18.4 Å². The number of nitrogens with one attached hydrogen (secondary N) is 1. The van der Waals surface area contributed by atoms with Crippen molar-refractivity contribution in [2.45, 2.75) is 33.2 Å². The standard InChI is InChI=1S/C20H26N2O/c1-4-16-11-10-14-18(15-16)21-20(23)19(22(5-2)6-3)17-12-8-7-9-13-17/h7-15,19H,4-6H2,1-3H3,(H,21,23). The Labute approximate surface area is 139 Å². The van der Waals surface area contributed by atoms with Gasteiger partial charge >= 0.3 is 0 Å². The van der Waals surface area contributed by atoms with Crippen molar-refractivity contribution in [1.82, 2.24) is 4.90 Å². The van der Waals surface area contributed by atoms with Crippen molar-refractivity contribution in [3.63, 3.8) is 0 Å². The monoisotopic (exact) mass is 310 g/mol. The summed E-state index contributed by atoms with van der Waals surface area (Å²) >= 11 is 0. The summed E-state index contributed by atoms with van der Waals surface area (Å²) in [7, 11) is 0. The SMILES string of the molecule is CCc1cccc(NC(=O)C(c2ccccc2)N(CC)CC)c1. The summed E-state index contributed by atoms with van der Waals surface area (Å²) in [6.07, 6.45) is 0.960. The minimum Gasteiger partial charge on any atom is -0.324 e. The highest BCUT2D eigenvalue weighted by molar-refractivity contribution is 5.95. The van der Waals surface area contributed by atoms with Crippen LogP contribution < -0.4 is 5.32 Å². The van der Waals surface area contributed by atoms with Gasteiger partial charge in [-0.2, -0.15) is 0 Å². The van der Waals surface area contributed by atoms with Crippen molar-refractivity contribution in [1.29, 1.82) is 0 Å². The summed E-state index contributed by atoms with van der Waals surface area (Å²) in [4.78, 5) is 15.1. The molecule has 1 unspecified atom stereocenters. The number of likely N-dealkylation sites (N-methyl/N-ethyl adjacent to an activating group) is 1. The van der Waals surface area contributed by atoms with E-state index >= 15 is 0 Å². The number of anilines is 1. The van der Waals surface area contributed by atoms with Crippen LogP contribution in [-0.4, -0.2) is 23.9 Å². The number of aryl methyl sites for hydroxylation is 1. The molecule has 0 fully saturated rings. The molecular formula is C20H26N2O. The predicted octanol–water partition coefficient (Wildman–Crippen LogP) is 4.27. The lowest BCUT2D eigenvalue weighted by Gasteiger charge is -2.29. The summed E-state index contributed by atoms with van der Waals surface area (Å²) in [5.74, 6) is 0.0214. The minimum atomic E-state index is -0.267. The van der Waals surface area contributed by atoms with E-state index in [4.69, 9.17) is 0 Å². The Hall–Kier alpha value is -2.13. The molecule has 3 heteroatoms. The zero-order valence-corrected chi connectivity index (χ0v) is 14.3. The first-order chi connectivity index (χ1) is 11.2. The molecule has 3 nitrogen and oxygen atoms in total. The third-order valence-electron chi connectivity index (χ3n) is 4.14. The van der Waals surface area contributed by atoms with Crippen molar-refractivity contribution < 1.29 is 4.79 Å². The number of hydrogen-bond acceptors (Lipinski definition) is 2. The Morgan fingerprint density at radius 2 is 1.70 bits per heavy atom. The number of rotatable bonds is 7. The summed E-state index contributed by atoms with van der Waals surface area (Å²) in [6.45, 7) is 7.95. The van der Waals surface area contributed by atoms with Crippen LogP contribution in [0.5, 0.6) is 0 Å². The van der Waals surface area contributed by atoms with Gasteiger partial charge in [-0.1, -0.05) is 63.2 Å². The lowest BCUT2D eigenvalue weighted by atomic mass is 10.0. The first-order valence-corrected chi connectivity index (χ1v) is 8.38. The molecule has 2 aromatic carbocycles. The Morgan fingerprint density at radius 3 is 2.30 bits per heavy atom. The Morgan fingerprint density at radius 1 is 1.00 bits per heavy atom. The maximum absolute atomic E-state index is 12.9. The van der Waals surface area contributed by atoms with Gasteiger partial charge in [0.05, 0.1) is 0 Å². The van der Waals surface area contributed by atoms with Gasteiger partial charge in [0.1, 0.15) is 6.04 Å². The van der Waals surface area contributed by atoms with Crippen LogP contribution >= 0.6 is 0 Å². The predicted molar refractivity (Wildman–Crippen MR) is 96.6 cm³/mol. The summed E-state index contributed by atoms with van der Waals surface area (Å²) in [6, 6.07) is 17.8. The second kappa shape index (κ2) is 8.49. The average Bonchev–Trinajstić information content (AvgIpc) is 2.60. The first kappa shape index (κ1) is 17.2. The zero-order chi connectivity index (χ0) is 16.7. The maximum Gasteiger partial charge on any atom is 0.246 e. The molecule has 2 aromatic rings. The smallest absolute Gasteiger partial charge is 0.246 e. The molecule has 1 amide bonds. The van der Waals surface area contributed by atoms with Crippen LogP contribution in [0.25, 0.3) is 0 Å². The van der Waals surface area contributed by atoms with Gasteiger partial charge in [-0.25, -0.2) is 0 Å². The number of benzene rings is 2. The molecule has 0 aromatic heterocycles. The molecule has 0 aliphatic rings. The van der Waals surface area contributed by atoms with E-state index < -0.39 is 0 Å². The molecule has 0 heterocycles. The fourth-order valence-corrected chi connectivity index (χ4v) is 2.83. The molecule has 1 N–H and O–H groups in total. The number of carbonyl (C=O) groups excluding carboxylic acids is 1. The van der Waals surface area contributed by atoms with E-state index in [9.17, 15) is 4.79 Å². The van der Waals surface area contributed by atoms with Crippen LogP contribution in [0, 0.1) is 0 Å². The Bertz CT molecular complexity index is 621. The van der Waals surface area contributed by atoms with E-state index in [0.29, 0.717) is 0 Å². The molecule has 1 atom stereocenters. The van der Waals surface area contributed by atoms with Crippen LogP contribution in [0.1, 0.15) is 37.9 Å². The number of hydrogen-bond donors (Lipinski definition) is 1. The van der Waals surface area contributed by atoms with Crippen molar-refractivity contribution in [3.8, 4) is 0 Å². The van der Waals surface area contributed by atoms with Gasteiger partial charge in [0.25, 0.3) is 0 Å². The molecule has 2 rings (SSSR count). The van der Waals surface area contributed by atoms with Gasteiger partial charge in [0.2, 0.25) is 5.91 Å². The molecule has 0 saturated carbocycles. The summed E-state index contributed by atoms with van der Waals surface area (Å²) < 4.78 is 0. The van der Waals surface area contributed by atoms with Crippen molar-refractivity contribution >= 4 is 11.6 Å². The van der Waals surface area contributed by atoms with Crippen LogP contribution in [0.2, 0.25) is 0 Å². The number of amides is 1. The average molecular weight is 310 g/mol. The van der Waals surface area contributed by atoms with E-state index in [1.54, 1.807) is 0 Å². The maximum atomic E-state index is 12.9. The fourth-order valence-electron chi connectivity index (χ4n) is 2.83. The second-order valence-electron chi connectivity index (χ2n) is 5.58. The molecule has 23 heavy (non-hydrogen) atoms. The second-order valence-corrected chi connectivity index (χ2v) is 5.58. The van der Waals surface area contributed by atoms with Crippen LogP contribution in [-0.2, 0) is 11.2 Å². The van der Waals surface area contributed by atoms with Gasteiger partial charge in [-0.05, 0) is 42.8 Å². The topological polar surface area (TPSA) is 32.3 Å². The Balaban J connectivity index is 2.26. The van der Waals surface area contributed by atoms with Gasteiger partial charge in [-0.15, -0.1) is 0 Å². The molecule has 0 aliphatic heterocycles. The Kier molecular flexibility index (Phi) is 6.36. The minimum absolute atomic E-state index is 0.0214. The van der Waals surface area contributed by atoms with Crippen molar-refractivity contribution in [3.05, 3.63) is 65.7 Å². The zero-order valence-electron chi connectivity index (χ0n) is 14.3. The highest BCUT2D eigenvalue weighted by Gasteiger charge is 2.25. The summed E-state index contributed by atoms with van der Waals surface area (Å²) in [5, 5.41) is 3.08. The molecule has 0 spiro atoms. The molecular weight excluding hydrogens is 284 g/mol. The highest BCUT2D eigenvalue weighted by Crippen LogP contribution is 2.23. The van der Waals surface area contributed by atoms with Crippen LogP contribution in [0.4, 0.5) is 5.69 Å². The molecule has 0 bridgehead atoms. The van der Waals surface area contributed by atoms with Crippen molar-refractivity contribution in [2.24, 2.45) is 0 Å². The molecule has 122 valence electrons. The molecule has 0 saturated heterocycles. The fraction of sp³-hybridized carbons (Fsp3) is 0.350. The largest absolute Gasteiger partial charge is 0.324 e. The van der Waals surface area contributed by atoms with Gasteiger partial charge in [0, 0.05) is 5.69 Å². The van der Waals surface area contributed by atoms with Gasteiger partial charge in [0.15, 0.2) is 0 Å². The number of nitrogens with zero attached hydrogens (tertiary/aromatic N) is 1. The van der Waals surface area contributed by atoms with Gasteiger partial charge in [-0.3, -0.25) is 9.69 Å². The normalized spacial score (nSPS) is 12.2. The van der Waals surface area contributed by atoms with Gasteiger partial charge < -0.3 is 5.32 Å². The third kappa shape index (κ3) is 4.42. The van der Waals surface area contributed by atoms with E-state index in [2.05, 4.69) is 37.1 Å². The van der Waals surface area contributed by atoms with E-state index in [0.717, 1.165) is 30.8 Å².